The molecule has 1 saturated heterocycles. The Kier molecular flexibility index (Phi) is 4.66. The third-order valence-electron chi connectivity index (χ3n) is 3.82. The Labute approximate surface area is 139 Å². The van der Waals surface area contributed by atoms with Crippen molar-refractivity contribution in [2.75, 3.05) is 12.4 Å². The number of rotatable bonds is 5. The van der Waals surface area contributed by atoms with Gasteiger partial charge in [-0.05, 0) is 26.0 Å². The third-order valence-corrected chi connectivity index (χ3v) is 4.70. The first-order chi connectivity index (χ1) is 11.1. The van der Waals surface area contributed by atoms with Gasteiger partial charge in [-0.2, -0.15) is 0 Å². The second-order valence-corrected chi connectivity index (χ2v) is 6.64. The van der Waals surface area contributed by atoms with E-state index in [-0.39, 0.29) is 17.3 Å². The van der Waals surface area contributed by atoms with Crippen molar-refractivity contribution in [3.8, 4) is 11.5 Å². The molecule has 2 heterocycles. The van der Waals surface area contributed by atoms with Crippen LogP contribution in [0, 0.1) is 0 Å². The van der Waals surface area contributed by atoms with Crippen molar-refractivity contribution in [1.29, 1.82) is 0 Å². The lowest BCUT2D eigenvalue weighted by Crippen LogP contribution is -2.42. The highest BCUT2D eigenvalue weighted by atomic mass is 32.2. The van der Waals surface area contributed by atoms with Crippen molar-refractivity contribution in [3.05, 3.63) is 23.3 Å². The van der Waals surface area contributed by atoms with Gasteiger partial charge in [-0.3, -0.25) is 9.59 Å². The lowest BCUT2D eigenvalue weighted by Gasteiger charge is -2.15. The molecule has 2 atom stereocenters. The minimum absolute atomic E-state index is 0.153. The van der Waals surface area contributed by atoms with Crippen molar-refractivity contribution in [2.45, 2.75) is 39.0 Å². The zero-order valence-electron chi connectivity index (χ0n) is 13.2. The van der Waals surface area contributed by atoms with Crippen LogP contribution in [0.25, 0.3) is 0 Å². The summed E-state index contributed by atoms with van der Waals surface area (Å²) in [6.45, 7) is 4.87. The average molecular weight is 336 g/mol. The van der Waals surface area contributed by atoms with Gasteiger partial charge in [0.15, 0.2) is 0 Å². The van der Waals surface area contributed by atoms with E-state index in [1.807, 2.05) is 26.0 Å². The molecule has 0 spiro atoms. The number of hydrogen-bond acceptors (Lipinski definition) is 5. The van der Waals surface area contributed by atoms with E-state index < -0.39 is 6.04 Å². The summed E-state index contributed by atoms with van der Waals surface area (Å²) >= 11 is 1.13. The summed E-state index contributed by atoms with van der Waals surface area (Å²) in [5, 5.41) is 5.34. The van der Waals surface area contributed by atoms with Crippen molar-refractivity contribution >= 4 is 22.9 Å². The maximum absolute atomic E-state index is 12.1. The molecule has 0 aromatic heterocycles. The quantitative estimate of drug-likeness (QED) is 0.858. The van der Waals surface area contributed by atoms with Crippen LogP contribution in [0.4, 0.5) is 4.79 Å². The lowest BCUT2D eigenvalue weighted by atomic mass is 10.1. The predicted octanol–water partition coefficient (Wildman–Crippen LogP) is 1.85. The Hall–Kier alpha value is -1.89. The van der Waals surface area contributed by atoms with Crippen LogP contribution < -0.4 is 20.1 Å². The molecule has 6 nitrogen and oxygen atoms in total. The number of thioether (sulfide) groups is 1. The van der Waals surface area contributed by atoms with E-state index in [1.54, 1.807) is 0 Å². The number of fused-ring (bicyclic) bond motifs is 1. The van der Waals surface area contributed by atoms with Gasteiger partial charge in [0.25, 0.3) is 5.24 Å². The third kappa shape index (κ3) is 3.55. The van der Waals surface area contributed by atoms with E-state index in [0.717, 1.165) is 40.8 Å². The van der Waals surface area contributed by atoms with Gasteiger partial charge in [0.2, 0.25) is 5.91 Å². The molecule has 2 aliphatic heterocycles. The Morgan fingerprint density at radius 3 is 3.04 bits per heavy atom. The molecule has 1 aromatic rings. The number of amides is 2. The first kappa shape index (κ1) is 16.0. The molecule has 7 heteroatoms. The standard InChI is InChI=1S/C16H20N2O4S/c1-3-21-13-5-10-4-9(2)22-14(10)6-11(13)7-17-15(19)12-8-23-16(20)18-12/h5-6,9,12H,3-4,7-8H2,1-2H3,(H,17,19)(H,18,20)/t9-,12+/m0/s1. The Bertz CT molecular complexity index is 635. The monoisotopic (exact) mass is 336 g/mol. The molecule has 0 aliphatic carbocycles. The normalized spacial score (nSPS) is 22.3. The lowest BCUT2D eigenvalue weighted by molar-refractivity contribution is -0.122. The summed E-state index contributed by atoms with van der Waals surface area (Å²) in [5.74, 6) is 1.91. The van der Waals surface area contributed by atoms with E-state index in [0.29, 0.717) is 18.9 Å². The molecule has 0 saturated carbocycles. The van der Waals surface area contributed by atoms with Crippen LogP contribution in [0.3, 0.4) is 0 Å². The van der Waals surface area contributed by atoms with Crippen molar-refractivity contribution < 1.29 is 19.1 Å². The number of hydrogen-bond donors (Lipinski definition) is 2. The summed E-state index contributed by atoms with van der Waals surface area (Å²) in [5.41, 5.74) is 2.01. The van der Waals surface area contributed by atoms with Crippen LogP contribution in [0.15, 0.2) is 12.1 Å². The number of benzene rings is 1. The average Bonchev–Trinajstić information content (AvgIpc) is 3.09. The summed E-state index contributed by atoms with van der Waals surface area (Å²) in [6, 6.07) is 3.47. The van der Waals surface area contributed by atoms with Gasteiger partial charge in [-0.1, -0.05) is 11.8 Å². The first-order valence-corrected chi connectivity index (χ1v) is 8.71. The Morgan fingerprint density at radius 1 is 1.52 bits per heavy atom. The summed E-state index contributed by atoms with van der Waals surface area (Å²) < 4.78 is 11.5. The maximum Gasteiger partial charge on any atom is 0.279 e. The second-order valence-electron chi connectivity index (χ2n) is 5.65. The molecule has 2 N–H and O–H groups in total. The molecule has 1 aromatic carbocycles. The largest absolute Gasteiger partial charge is 0.494 e. The van der Waals surface area contributed by atoms with Crippen LogP contribution in [0.5, 0.6) is 11.5 Å². The molecule has 2 aliphatic rings. The number of carbonyl (C=O) groups is 2. The van der Waals surface area contributed by atoms with Gasteiger partial charge >= 0.3 is 0 Å². The SMILES string of the molecule is CCOc1cc2c(cc1CNC(=O)[C@H]1CSC(=O)N1)O[C@@H](C)C2. The molecule has 3 rings (SSSR count). The highest BCUT2D eigenvalue weighted by Gasteiger charge is 2.28. The van der Waals surface area contributed by atoms with E-state index in [2.05, 4.69) is 10.6 Å². The van der Waals surface area contributed by atoms with Gasteiger partial charge < -0.3 is 20.1 Å². The molecule has 0 radical (unpaired) electrons. The van der Waals surface area contributed by atoms with Gasteiger partial charge in [0.05, 0.1) is 6.61 Å². The molecule has 23 heavy (non-hydrogen) atoms. The fourth-order valence-corrected chi connectivity index (χ4v) is 3.52. The highest BCUT2D eigenvalue weighted by molar-refractivity contribution is 8.14. The van der Waals surface area contributed by atoms with E-state index in [1.165, 1.54) is 0 Å². The van der Waals surface area contributed by atoms with E-state index in [4.69, 9.17) is 9.47 Å². The van der Waals surface area contributed by atoms with Gasteiger partial charge in [0, 0.05) is 29.8 Å². The summed E-state index contributed by atoms with van der Waals surface area (Å²) in [4.78, 5) is 23.3. The fraction of sp³-hybridized carbons (Fsp3) is 0.500. The molecule has 0 unspecified atom stereocenters. The number of nitrogens with one attached hydrogen (secondary N) is 2. The molecular formula is C16H20N2O4S. The summed E-state index contributed by atoms with van der Waals surface area (Å²) in [6.07, 6.45) is 1.03. The minimum atomic E-state index is -0.464. The topological polar surface area (TPSA) is 76.7 Å². The molecule has 124 valence electrons. The van der Waals surface area contributed by atoms with Crippen LogP contribution in [0.2, 0.25) is 0 Å². The zero-order chi connectivity index (χ0) is 16.4. The van der Waals surface area contributed by atoms with E-state index in [9.17, 15) is 9.59 Å². The van der Waals surface area contributed by atoms with Crippen molar-refractivity contribution in [2.24, 2.45) is 0 Å². The molecule has 2 amide bonds. The van der Waals surface area contributed by atoms with Crippen LogP contribution in [0.1, 0.15) is 25.0 Å². The van der Waals surface area contributed by atoms with Crippen LogP contribution >= 0.6 is 11.8 Å². The Balaban J connectivity index is 1.70. The Morgan fingerprint density at radius 2 is 2.35 bits per heavy atom. The first-order valence-electron chi connectivity index (χ1n) is 7.73. The molecule has 1 fully saturated rings. The maximum atomic E-state index is 12.1. The summed E-state index contributed by atoms with van der Waals surface area (Å²) in [7, 11) is 0. The smallest absolute Gasteiger partial charge is 0.279 e. The molecule has 0 bridgehead atoms. The fourth-order valence-electron chi connectivity index (χ4n) is 2.74. The van der Waals surface area contributed by atoms with Crippen molar-refractivity contribution in [3.63, 3.8) is 0 Å². The van der Waals surface area contributed by atoms with Gasteiger partial charge in [-0.25, -0.2) is 0 Å². The van der Waals surface area contributed by atoms with E-state index >= 15 is 0 Å². The van der Waals surface area contributed by atoms with Gasteiger partial charge in [-0.15, -0.1) is 0 Å². The van der Waals surface area contributed by atoms with Crippen molar-refractivity contribution in [1.82, 2.24) is 10.6 Å². The predicted molar refractivity (Wildman–Crippen MR) is 88.0 cm³/mol. The molecular weight excluding hydrogens is 316 g/mol. The zero-order valence-corrected chi connectivity index (χ0v) is 14.0. The van der Waals surface area contributed by atoms with Crippen LogP contribution in [-0.2, 0) is 17.8 Å². The highest BCUT2D eigenvalue weighted by Crippen LogP contribution is 2.35. The number of ether oxygens (including phenoxy) is 2. The number of carbonyl (C=O) groups excluding carboxylic acids is 2. The minimum Gasteiger partial charge on any atom is -0.494 e. The van der Waals surface area contributed by atoms with Crippen LogP contribution in [-0.4, -0.2) is 35.7 Å². The second kappa shape index (κ2) is 6.70. The van der Waals surface area contributed by atoms with Gasteiger partial charge in [0.1, 0.15) is 23.6 Å².